The molecule has 20 nitrogen and oxygen atoms in total. The summed E-state index contributed by atoms with van der Waals surface area (Å²) in [5.41, 5.74) is 0. The maximum Gasteiger partial charge on any atom is 0.306 e. The summed E-state index contributed by atoms with van der Waals surface area (Å²) in [6.45, 7) is 0.785. The van der Waals surface area contributed by atoms with Crippen molar-refractivity contribution in [3.63, 3.8) is 0 Å². The van der Waals surface area contributed by atoms with E-state index in [1.807, 2.05) is 0 Å². The number of ether oxygens (including phenoxy) is 2. The molecule has 0 fully saturated rings. The van der Waals surface area contributed by atoms with Gasteiger partial charge < -0.3 is 40.7 Å². The third-order valence-corrected chi connectivity index (χ3v) is 10.7. The van der Waals surface area contributed by atoms with E-state index in [-0.39, 0.29) is 90.2 Å². The summed E-state index contributed by atoms with van der Waals surface area (Å²) >= 11 is 0. The number of carboxylic acid groups (broad SMARTS) is 3. The molecule has 0 rings (SSSR count). The van der Waals surface area contributed by atoms with Crippen LogP contribution >= 0.6 is 0 Å². The highest BCUT2D eigenvalue weighted by Crippen LogP contribution is 2.17. The van der Waals surface area contributed by atoms with Gasteiger partial charge in [-0.15, -0.1) is 0 Å². The second-order valence-electron chi connectivity index (χ2n) is 15.8. The number of carboxylic acids is 3. The minimum Gasteiger partial charge on any atom is -0.481 e. The quantitative estimate of drug-likeness (QED) is 0.0340. The first kappa shape index (κ1) is 58.7. The van der Waals surface area contributed by atoms with E-state index in [2.05, 4.69) is 16.0 Å². The molecule has 7 N–H and O–H groups in total. The van der Waals surface area contributed by atoms with Gasteiger partial charge in [-0.2, -0.15) is 8.42 Å². The molecule has 0 saturated heterocycles. The Morgan fingerprint density at radius 1 is 0.556 bits per heavy atom. The van der Waals surface area contributed by atoms with Crippen LogP contribution in [0.5, 0.6) is 0 Å². The van der Waals surface area contributed by atoms with E-state index >= 15 is 0 Å². The van der Waals surface area contributed by atoms with Crippen molar-refractivity contribution in [1.82, 2.24) is 16.0 Å². The minimum absolute atomic E-state index is 0.00870. The van der Waals surface area contributed by atoms with E-state index < -0.39 is 87.4 Å². The third kappa shape index (κ3) is 36.8. The molecule has 0 aliphatic heterocycles. The lowest BCUT2D eigenvalue weighted by molar-refractivity contribution is -0.145. The monoisotopic (exact) mass is 921 g/mol. The van der Waals surface area contributed by atoms with Crippen LogP contribution in [0.15, 0.2) is 0 Å². The Morgan fingerprint density at radius 2 is 1.02 bits per heavy atom. The standard InChI is InChI=1S/C42H71N3O17S/c1-31(46)28-44-38(50)21-18-32(41(54)55)26-34(47)29-62-25-24-61-23-22-43-37(49)20-19-33(42(56)57)27-36(48)35(30-63(58,59)60)45-39(51)16-14-12-10-8-6-4-2-3-5-7-9-11-13-15-17-40(52)53/h32-33,35H,2-30H2,1H3,(H,43,49)(H,44,50)(H,45,51)(H,52,53)(H,54,55)(H,56,57)(H,58,59,60). The van der Waals surface area contributed by atoms with E-state index in [0.717, 1.165) is 83.5 Å². The zero-order chi connectivity index (χ0) is 47.5. The SMILES string of the molecule is CC(=O)CNC(=O)CCC(CC(=O)COCCOCCNC(=O)CCC(CC(=O)C(CS(=O)(=O)O)NC(=O)CCCCCCCCCCCCCCCCC(=O)O)C(=O)O)C(=O)O. The highest BCUT2D eigenvalue weighted by molar-refractivity contribution is 7.85. The van der Waals surface area contributed by atoms with Gasteiger partial charge in [0.15, 0.2) is 11.6 Å². The number of rotatable bonds is 43. The van der Waals surface area contributed by atoms with Crippen molar-refractivity contribution in [2.24, 2.45) is 11.8 Å². The maximum atomic E-state index is 13.0. The van der Waals surface area contributed by atoms with Crippen LogP contribution in [-0.4, -0.2) is 133 Å². The Morgan fingerprint density at radius 3 is 1.49 bits per heavy atom. The van der Waals surface area contributed by atoms with Crippen molar-refractivity contribution in [3.8, 4) is 0 Å². The molecule has 0 aromatic rings. The Labute approximate surface area is 370 Å². The Balaban J connectivity index is 4.38. The predicted octanol–water partition coefficient (Wildman–Crippen LogP) is 3.42. The van der Waals surface area contributed by atoms with Crippen LogP contribution in [-0.2, 0) is 62.7 Å². The molecule has 21 heteroatoms. The fourth-order valence-electron chi connectivity index (χ4n) is 6.40. The summed E-state index contributed by atoms with van der Waals surface area (Å²) in [5.74, 6) is -10.4. The molecule has 0 aromatic carbocycles. The Hall–Kier alpha value is -4.34. The Kier molecular flexibility index (Phi) is 33.6. The first-order chi connectivity index (χ1) is 29.8. The molecule has 0 spiro atoms. The molecule has 0 radical (unpaired) electrons. The largest absolute Gasteiger partial charge is 0.481 e. The predicted molar refractivity (Wildman–Crippen MR) is 228 cm³/mol. The van der Waals surface area contributed by atoms with E-state index in [9.17, 15) is 66.3 Å². The smallest absolute Gasteiger partial charge is 0.306 e. The second-order valence-corrected chi connectivity index (χ2v) is 17.3. The number of carbonyl (C=O) groups is 9. The highest BCUT2D eigenvalue weighted by Gasteiger charge is 2.31. The molecule has 0 aliphatic carbocycles. The lowest BCUT2D eigenvalue weighted by Gasteiger charge is -2.19. The van der Waals surface area contributed by atoms with Crippen LogP contribution in [0.2, 0.25) is 0 Å². The number of carbonyl (C=O) groups excluding carboxylic acids is 6. The van der Waals surface area contributed by atoms with E-state index in [1.54, 1.807) is 0 Å². The molecular formula is C42H71N3O17S. The summed E-state index contributed by atoms with van der Waals surface area (Å²) in [6.07, 6.45) is 12.1. The zero-order valence-electron chi connectivity index (χ0n) is 36.7. The average Bonchev–Trinajstić information content (AvgIpc) is 3.19. The number of nitrogens with one attached hydrogen (secondary N) is 3. The van der Waals surface area contributed by atoms with Crippen molar-refractivity contribution in [2.45, 2.75) is 154 Å². The topological polar surface area (TPSA) is 323 Å². The van der Waals surface area contributed by atoms with Crippen LogP contribution in [0.3, 0.4) is 0 Å². The third-order valence-electron chi connectivity index (χ3n) is 9.94. The second kappa shape index (κ2) is 36.0. The van der Waals surface area contributed by atoms with Crippen LogP contribution < -0.4 is 16.0 Å². The number of ketones is 3. The molecule has 0 aliphatic rings. The van der Waals surface area contributed by atoms with Crippen molar-refractivity contribution in [1.29, 1.82) is 0 Å². The van der Waals surface area contributed by atoms with Crippen molar-refractivity contribution in [3.05, 3.63) is 0 Å². The normalized spacial score (nSPS) is 12.7. The molecule has 3 atom stereocenters. The molecule has 362 valence electrons. The van der Waals surface area contributed by atoms with Gasteiger partial charge in [0.05, 0.1) is 38.2 Å². The number of hydrogen-bond acceptors (Lipinski definition) is 13. The maximum absolute atomic E-state index is 13.0. The number of aliphatic carboxylic acids is 3. The van der Waals surface area contributed by atoms with Crippen LogP contribution in [0, 0.1) is 11.8 Å². The molecule has 0 aromatic heterocycles. The van der Waals surface area contributed by atoms with Crippen LogP contribution in [0.4, 0.5) is 0 Å². The Bertz CT molecular complexity index is 1540. The number of hydrogen-bond donors (Lipinski definition) is 7. The molecule has 0 heterocycles. The molecule has 0 saturated carbocycles. The van der Waals surface area contributed by atoms with Gasteiger partial charge in [0.1, 0.15) is 24.2 Å². The number of unbranched alkanes of at least 4 members (excludes halogenated alkanes) is 13. The summed E-state index contributed by atoms with van der Waals surface area (Å²) < 4.78 is 43.2. The first-order valence-electron chi connectivity index (χ1n) is 21.9. The van der Waals surface area contributed by atoms with Crippen molar-refractivity contribution in [2.75, 3.05) is 45.3 Å². The fraction of sp³-hybridized carbons (Fsp3) is 0.786. The molecule has 0 bridgehead atoms. The van der Waals surface area contributed by atoms with E-state index in [4.69, 9.17) is 14.6 Å². The molecule has 3 amide bonds. The minimum atomic E-state index is -4.73. The van der Waals surface area contributed by atoms with Gasteiger partial charge in [-0.05, 0) is 32.6 Å². The lowest BCUT2D eigenvalue weighted by Crippen LogP contribution is -2.46. The zero-order valence-corrected chi connectivity index (χ0v) is 37.6. The van der Waals surface area contributed by atoms with Crippen LogP contribution in [0.1, 0.15) is 148 Å². The van der Waals surface area contributed by atoms with Gasteiger partial charge in [-0.1, -0.05) is 77.0 Å². The summed E-state index contributed by atoms with van der Waals surface area (Å²) in [4.78, 5) is 107. The molecular weight excluding hydrogens is 851 g/mol. The average molecular weight is 922 g/mol. The summed E-state index contributed by atoms with van der Waals surface area (Å²) in [6, 6.07) is -1.68. The van der Waals surface area contributed by atoms with Gasteiger partial charge >= 0.3 is 17.9 Å². The fourth-order valence-corrected chi connectivity index (χ4v) is 7.09. The highest BCUT2D eigenvalue weighted by atomic mass is 32.2. The van der Waals surface area contributed by atoms with E-state index in [0.29, 0.717) is 6.42 Å². The van der Waals surface area contributed by atoms with Crippen molar-refractivity contribution < 1.29 is 80.9 Å². The van der Waals surface area contributed by atoms with Crippen LogP contribution in [0.25, 0.3) is 0 Å². The summed E-state index contributed by atoms with van der Waals surface area (Å²) in [5, 5.41) is 34.9. The van der Waals surface area contributed by atoms with E-state index in [1.165, 1.54) is 6.92 Å². The van der Waals surface area contributed by atoms with Gasteiger partial charge in [0.2, 0.25) is 17.7 Å². The van der Waals surface area contributed by atoms with Gasteiger partial charge in [-0.25, -0.2) is 0 Å². The van der Waals surface area contributed by atoms with Gasteiger partial charge in [0, 0.05) is 45.1 Å². The van der Waals surface area contributed by atoms with Gasteiger partial charge in [-0.3, -0.25) is 47.7 Å². The first-order valence-corrected chi connectivity index (χ1v) is 23.6. The molecule has 63 heavy (non-hydrogen) atoms. The molecule has 3 unspecified atom stereocenters. The number of Topliss-reactive ketones (excluding diaryl/α,β-unsaturated/α-hetero) is 3. The van der Waals surface area contributed by atoms with Gasteiger partial charge in [0.25, 0.3) is 10.1 Å². The van der Waals surface area contributed by atoms with Crippen molar-refractivity contribution >= 4 is 63.1 Å². The number of amides is 3. The summed E-state index contributed by atoms with van der Waals surface area (Å²) in [7, 11) is -4.73. The lowest BCUT2D eigenvalue weighted by atomic mass is 9.94.